The van der Waals surface area contributed by atoms with Gasteiger partial charge in [0, 0.05) is 17.8 Å². The van der Waals surface area contributed by atoms with Crippen LogP contribution in [0.3, 0.4) is 0 Å². The van der Waals surface area contributed by atoms with Gasteiger partial charge in [0.25, 0.3) is 0 Å². The van der Waals surface area contributed by atoms with Gasteiger partial charge in [0.1, 0.15) is 0 Å². The molecular weight excluding hydrogens is 308 g/mol. The molecule has 6 heteroatoms. The predicted octanol–water partition coefficient (Wildman–Crippen LogP) is 3.39. The lowest BCUT2D eigenvalue weighted by Gasteiger charge is -2.13. The van der Waals surface area contributed by atoms with Crippen molar-refractivity contribution in [2.45, 2.75) is 19.9 Å². The van der Waals surface area contributed by atoms with Gasteiger partial charge < -0.3 is 14.2 Å². The average Bonchev–Trinajstić information content (AvgIpc) is 3.09. The number of nitrogens with zero attached hydrogens (tertiary/aromatic N) is 2. The van der Waals surface area contributed by atoms with Crippen LogP contribution in [-0.4, -0.2) is 36.9 Å². The summed E-state index contributed by atoms with van der Waals surface area (Å²) < 4.78 is 17.7. The molecule has 0 aliphatic rings. The van der Waals surface area contributed by atoms with Gasteiger partial charge in [-0.3, -0.25) is 9.48 Å². The van der Waals surface area contributed by atoms with E-state index in [0.29, 0.717) is 22.8 Å². The molecule has 0 aliphatic carbocycles. The summed E-state index contributed by atoms with van der Waals surface area (Å²) in [4.78, 5) is 12.3. The van der Waals surface area contributed by atoms with Gasteiger partial charge >= 0.3 is 0 Å². The molecule has 1 aromatic carbocycles. The number of aromatic nitrogens is 2. The lowest BCUT2D eigenvalue weighted by molar-refractivity contribution is 0.104. The minimum atomic E-state index is -0.126. The molecule has 24 heavy (non-hydrogen) atoms. The number of ketones is 1. The second-order valence-electron chi connectivity index (χ2n) is 5.42. The van der Waals surface area contributed by atoms with Crippen LogP contribution in [0.4, 0.5) is 0 Å². The number of carbonyl (C=O) groups excluding carboxylic acids is 1. The average molecular weight is 330 g/mol. The van der Waals surface area contributed by atoms with Crippen LogP contribution in [0.2, 0.25) is 0 Å². The van der Waals surface area contributed by atoms with Crippen molar-refractivity contribution in [1.82, 2.24) is 9.78 Å². The summed E-state index contributed by atoms with van der Waals surface area (Å²) in [7, 11) is 4.64. The van der Waals surface area contributed by atoms with Gasteiger partial charge in [-0.1, -0.05) is 0 Å². The highest BCUT2D eigenvalue weighted by atomic mass is 16.5. The van der Waals surface area contributed by atoms with Gasteiger partial charge in [-0.05, 0) is 38.1 Å². The Hall–Kier alpha value is -2.76. The summed E-state index contributed by atoms with van der Waals surface area (Å²) in [5.74, 6) is 1.44. The number of ether oxygens (including phenoxy) is 3. The summed E-state index contributed by atoms with van der Waals surface area (Å²) >= 11 is 0. The molecule has 0 bridgehead atoms. The van der Waals surface area contributed by atoms with Gasteiger partial charge in [0.2, 0.25) is 5.75 Å². The van der Waals surface area contributed by atoms with E-state index in [4.69, 9.17) is 14.2 Å². The topological polar surface area (TPSA) is 62.6 Å². The molecule has 1 heterocycles. The highest BCUT2D eigenvalue weighted by Crippen LogP contribution is 2.40. The van der Waals surface area contributed by atoms with Crippen LogP contribution in [0.25, 0.3) is 6.08 Å². The molecular formula is C18H22N2O4. The highest BCUT2D eigenvalue weighted by molar-refractivity contribution is 6.06. The molecule has 2 rings (SSSR count). The standard InChI is InChI=1S/C18H22N2O4/c1-12(2)20-11-14(10-19-20)15(21)8-6-13-7-9-16(22-3)18(24-5)17(13)23-4/h6-12H,1-5H3. The van der Waals surface area contributed by atoms with Crippen LogP contribution in [0.15, 0.2) is 30.6 Å². The minimum Gasteiger partial charge on any atom is -0.493 e. The van der Waals surface area contributed by atoms with E-state index in [2.05, 4.69) is 5.10 Å². The number of carbonyl (C=O) groups is 1. The van der Waals surface area contributed by atoms with Crippen LogP contribution in [0, 0.1) is 0 Å². The highest BCUT2D eigenvalue weighted by Gasteiger charge is 2.14. The van der Waals surface area contributed by atoms with E-state index in [9.17, 15) is 4.79 Å². The minimum absolute atomic E-state index is 0.126. The third-order valence-electron chi connectivity index (χ3n) is 3.56. The number of hydrogen-bond donors (Lipinski definition) is 0. The largest absolute Gasteiger partial charge is 0.493 e. The maximum atomic E-state index is 12.3. The third-order valence-corrected chi connectivity index (χ3v) is 3.56. The van der Waals surface area contributed by atoms with Crippen molar-refractivity contribution in [3.8, 4) is 17.2 Å². The van der Waals surface area contributed by atoms with Gasteiger partial charge in [0.15, 0.2) is 17.3 Å². The Morgan fingerprint density at radius 1 is 1.12 bits per heavy atom. The Balaban J connectivity index is 2.29. The zero-order chi connectivity index (χ0) is 17.7. The monoisotopic (exact) mass is 330 g/mol. The van der Waals surface area contributed by atoms with Crippen molar-refractivity contribution < 1.29 is 19.0 Å². The Kier molecular flexibility index (Phi) is 5.63. The Morgan fingerprint density at radius 3 is 2.38 bits per heavy atom. The zero-order valence-corrected chi connectivity index (χ0v) is 14.6. The summed E-state index contributed by atoms with van der Waals surface area (Å²) in [6.07, 6.45) is 6.49. The second kappa shape index (κ2) is 7.68. The second-order valence-corrected chi connectivity index (χ2v) is 5.42. The van der Waals surface area contributed by atoms with E-state index in [1.165, 1.54) is 6.08 Å². The summed E-state index contributed by atoms with van der Waals surface area (Å²) in [6, 6.07) is 3.78. The van der Waals surface area contributed by atoms with Crippen LogP contribution in [-0.2, 0) is 0 Å². The predicted molar refractivity (Wildman–Crippen MR) is 92.1 cm³/mol. The first-order valence-corrected chi connectivity index (χ1v) is 7.57. The summed E-state index contributed by atoms with van der Waals surface area (Å²) in [6.45, 7) is 4.01. The fourth-order valence-electron chi connectivity index (χ4n) is 2.27. The number of benzene rings is 1. The van der Waals surface area contributed by atoms with Crippen molar-refractivity contribution in [3.63, 3.8) is 0 Å². The van der Waals surface area contributed by atoms with Crippen molar-refractivity contribution in [1.29, 1.82) is 0 Å². The molecule has 0 unspecified atom stereocenters. The molecule has 1 aromatic heterocycles. The van der Waals surface area contributed by atoms with Crippen LogP contribution < -0.4 is 14.2 Å². The van der Waals surface area contributed by atoms with E-state index in [1.54, 1.807) is 50.5 Å². The molecule has 0 spiro atoms. The zero-order valence-electron chi connectivity index (χ0n) is 14.6. The lowest BCUT2D eigenvalue weighted by atomic mass is 10.1. The Bertz CT molecular complexity index is 747. The van der Waals surface area contributed by atoms with E-state index < -0.39 is 0 Å². The summed E-state index contributed by atoms with van der Waals surface area (Å²) in [5, 5.41) is 4.18. The van der Waals surface area contributed by atoms with Crippen molar-refractivity contribution in [2.24, 2.45) is 0 Å². The maximum absolute atomic E-state index is 12.3. The van der Waals surface area contributed by atoms with E-state index in [-0.39, 0.29) is 11.8 Å². The molecule has 0 radical (unpaired) electrons. The summed E-state index contributed by atoms with van der Waals surface area (Å²) in [5.41, 5.74) is 1.26. The van der Waals surface area contributed by atoms with Gasteiger partial charge in [-0.25, -0.2) is 0 Å². The fraction of sp³-hybridized carbons (Fsp3) is 0.333. The Labute approximate surface area is 141 Å². The Morgan fingerprint density at radius 2 is 1.83 bits per heavy atom. The molecule has 0 atom stereocenters. The van der Waals surface area contributed by atoms with E-state index in [0.717, 1.165) is 5.56 Å². The van der Waals surface area contributed by atoms with Crippen LogP contribution in [0.5, 0.6) is 17.2 Å². The van der Waals surface area contributed by atoms with Gasteiger partial charge in [-0.15, -0.1) is 0 Å². The molecule has 2 aromatic rings. The van der Waals surface area contributed by atoms with Gasteiger partial charge in [0.05, 0.1) is 33.1 Å². The number of allylic oxidation sites excluding steroid dienone is 1. The smallest absolute Gasteiger partial charge is 0.203 e. The van der Waals surface area contributed by atoms with Crippen molar-refractivity contribution in [3.05, 3.63) is 41.7 Å². The fourth-order valence-corrected chi connectivity index (χ4v) is 2.27. The van der Waals surface area contributed by atoms with Crippen LogP contribution >= 0.6 is 0 Å². The molecule has 0 saturated heterocycles. The van der Waals surface area contributed by atoms with Crippen molar-refractivity contribution >= 4 is 11.9 Å². The molecule has 0 fully saturated rings. The molecule has 0 aliphatic heterocycles. The maximum Gasteiger partial charge on any atom is 0.203 e. The van der Waals surface area contributed by atoms with Gasteiger partial charge in [-0.2, -0.15) is 5.10 Å². The molecule has 0 saturated carbocycles. The van der Waals surface area contributed by atoms with Crippen molar-refractivity contribution in [2.75, 3.05) is 21.3 Å². The first kappa shape index (κ1) is 17.6. The molecule has 6 nitrogen and oxygen atoms in total. The quantitative estimate of drug-likeness (QED) is 0.575. The number of hydrogen-bond acceptors (Lipinski definition) is 5. The number of methoxy groups -OCH3 is 3. The normalized spacial score (nSPS) is 11.1. The number of rotatable bonds is 7. The third kappa shape index (κ3) is 3.59. The SMILES string of the molecule is COc1ccc(C=CC(=O)c2cnn(C(C)C)c2)c(OC)c1OC. The van der Waals surface area contributed by atoms with E-state index in [1.807, 2.05) is 19.9 Å². The first-order chi connectivity index (χ1) is 11.5. The molecule has 0 amide bonds. The molecule has 0 N–H and O–H groups in total. The lowest BCUT2D eigenvalue weighted by Crippen LogP contribution is -2.00. The molecule has 128 valence electrons. The first-order valence-electron chi connectivity index (χ1n) is 7.57. The van der Waals surface area contributed by atoms with E-state index >= 15 is 0 Å². The van der Waals surface area contributed by atoms with Crippen LogP contribution in [0.1, 0.15) is 35.8 Å².